The summed E-state index contributed by atoms with van der Waals surface area (Å²) in [5.74, 6) is 0.549. The molecule has 0 aliphatic heterocycles. The van der Waals surface area contributed by atoms with E-state index in [1.807, 2.05) is 24.3 Å². The Morgan fingerprint density at radius 3 is 2.50 bits per heavy atom. The first-order chi connectivity index (χ1) is 9.54. The lowest BCUT2D eigenvalue weighted by molar-refractivity contribution is 0.0525. The van der Waals surface area contributed by atoms with Crippen molar-refractivity contribution in [1.82, 2.24) is 5.16 Å². The molecular formula is C16H19NO3. The van der Waals surface area contributed by atoms with Crippen molar-refractivity contribution >= 4 is 5.97 Å². The van der Waals surface area contributed by atoms with E-state index in [1.54, 1.807) is 13.8 Å². The van der Waals surface area contributed by atoms with E-state index in [0.29, 0.717) is 29.5 Å². The molecule has 20 heavy (non-hydrogen) atoms. The Labute approximate surface area is 118 Å². The summed E-state index contributed by atoms with van der Waals surface area (Å²) in [5.41, 5.74) is 3.04. The summed E-state index contributed by atoms with van der Waals surface area (Å²) in [7, 11) is 0. The first-order valence-corrected chi connectivity index (χ1v) is 6.78. The van der Waals surface area contributed by atoms with Gasteiger partial charge in [0.05, 0.1) is 6.61 Å². The number of nitrogens with zero attached hydrogens (tertiary/aromatic N) is 1. The highest BCUT2D eigenvalue weighted by Crippen LogP contribution is 2.27. The first kappa shape index (κ1) is 14.3. The van der Waals surface area contributed by atoms with Crippen molar-refractivity contribution in [2.24, 2.45) is 0 Å². The number of aryl methyl sites for hydroxylation is 1. The van der Waals surface area contributed by atoms with Crippen LogP contribution in [0.5, 0.6) is 0 Å². The molecule has 0 aliphatic rings. The predicted octanol–water partition coefficient (Wildman–Crippen LogP) is 3.95. The molecule has 0 atom stereocenters. The summed E-state index contributed by atoms with van der Waals surface area (Å²) in [4.78, 5) is 12.0. The number of aromatic nitrogens is 1. The average molecular weight is 273 g/mol. The lowest BCUT2D eigenvalue weighted by Crippen LogP contribution is -2.06. The second-order valence-electron chi connectivity index (χ2n) is 4.96. The van der Waals surface area contributed by atoms with Crippen LogP contribution in [0, 0.1) is 6.92 Å². The molecule has 0 N–H and O–H groups in total. The lowest BCUT2D eigenvalue weighted by Gasteiger charge is -2.06. The highest BCUT2D eigenvalue weighted by atomic mass is 16.5. The van der Waals surface area contributed by atoms with E-state index in [4.69, 9.17) is 9.26 Å². The van der Waals surface area contributed by atoms with E-state index in [1.165, 1.54) is 5.56 Å². The van der Waals surface area contributed by atoms with Crippen molar-refractivity contribution in [2.45, 2.75) is 33.6 Å². The Balaban J connectivity index is 2.40. The third-order valence-electron chi connectivity index (χ3n) is 3.19. The first-order valence-electron chi connectivity index (χ1n) is 6.78. The van der Waals surface area contributed by atoms with Crippen LogP contribution >= 0.6 is 0 Å². The molecular weight excluding hydrogens is 254 g/mol. The molecule has 4 heteroatoms. The van der Waals surface area contributed by atoms with Gasteiger partial charge >= 0.3 is 5.97 Å². The molecule has 0 fully saturated rings. The minimum Gasteiger partial charge on any atom is -0.462 e. The van der Waals surface area contributed by atoms with Crippen LogP contribution in [0.15, 0.2) is 28.8 Å². The van der Waals surface area contributed by atoms with E-state index < -0.39 is 5.97 Å². The van der Waals surface area contributed by atoms with Crippen molar-refractivity contribution in [3.05, 3.63) is 41.2 Å². The van der Waals surface area contributed by atoms with Gasteiger partial charge in [0.15, 0.2) is 0 Å². The van der Waals surface area contributed by atoms with Crippen molar-refractivity contribution < 1.29 is 14.1 Å². The number of esters is 1. The van der Waals surface area contributed by atoms with Crippen LogP contribution in [-0.2, 0) is 4.74 Å². The van der Waals surface area contributed by atoms with Gasteiger partial charge in [0.25, 0.3) is 0 Å². The number of hydrogen-bond acceptors (Lipinski definition) is 4. The summed E-state index contributed by atoms with van der Waals surface area (Å²) in [6, 6.07) is 7.99. The van der Waals surface area contributed by atoms with Crippen LogP contribution in [0.4, 0.5) is 0 Å². The molecule has 0 aliphatic carbocycles. The number of carbonyl (C=O) groups excluding carboxylic acids is 1. The second kappa shape index (κ2) is 5.90. The largest absolute Gasteiger partial charge is 0.462 e. The Hall–Kier alpha value is -2.10. The molecule has 0 unspecified atom stereocenters. The molecule has 106 valence electrons. The van der Waals surface area contributed by atoms with Gasteiger partial charge in [-0.3, -0.25) is 0 Å². The fourth-order valence-electron chi connectivity index (χ4n) is 2.04. The zero-order valence-corrected chi connectivity index (χ0v) is 12.3. The normalized spacial score (nSPS) is 10.8. The van der Waals surface area contributed by atoms with E-state index in [-0.39, 0.29) is 0 Å². The third kappa shape index (κ3) is 2.74. The fourth-order valence-corrected chi connectivity index (χ4v) is 2.04. The van der Waals surface area contributed by atoms with Gasteiger partial charge in [-0.25, -0.2) is 4.79 Å². The number of carbonyl (C=O) groups is 1. The maximum atomic E-state index is 12.0. The number of hydrogen-bond donors (Lipinski definition) is 0. The quantitative estimate of drug-likeness (QED) is 0.791. The Kier molecular flexibility index (Phi) is 4.23. The molecule has 1 aromatic heterocycles. The summed E-state index contributed by atoms with van der Waals surface area (Å²) in [6.45, 7) is 8.09. The molecule has 0 saturated heterocycles. The van der Waals surface area contributed by atoms with Crippen molar-refractivity contribution in [2.75, 3.05) is 6.61 Å². The summed E-state index contributed by atoms with van der Waals surface area (Å²) >= 11 is 0. The number of ether oxygens (including phenoxy) is 1. The molecule has 4 nitrogen and oxygen atoms in total. The number of benzene rings is 1. The molecule has 0 bridgehead atoms. The van der Waals surface area contributed by atoms with Crippen molar-refractivity contribution in [3.63, 3.8) is 0 Å². The van der Waals surface area contributed by atoms with Gasteiger partial charge in [-0.2, -0.15) is 0 Å². The lowest BCUT2D eigenvalue weighted by atomic mass is 9.99. The van der Waals surface area contributed by atoms with E-state index in [2.05, 4.69) is 19.0 Å². The highest BCUT2D eigenvalue weighted by molar-refractivity contribution is 5.97. The van der Waals surface area contributed by atoms with Crippen LogP contribution in [0.3, 0.4) is 0 Å². The maximum absolute atomic E-state index is 12.0. The van der Waals surface area contributed by atoms with E-state index >= 15 is 0 Å². The monoisotopic (exact) mass is 273 g/mol. The molecule has 0 saturated carbocycles. The Morgan fingerprint density at radius 2 is 1.95 bits per heavy atom. The van der Waals surface area contributed by atoms with Crippen LogP contribution in [0.25, 0.3) is 11.3 Å². The molecule has 0 radical (unpaired) electrons. The van der Waals surface area contributed by atoms with Gasteiger partial charge in [0.2, 0.25) is 0 Å². The zero-order valence-electron chi connectivity index (χ0n) is 12.3. The van der Waals surface area contributed by atoms with E-state index in [0.717, 1.165) is 5.56 Å². The van der Waals surface area contributed by atoms with Crippen molar-refractivity contribution in [3.8, 4) is 11.3 Å². The van der Waals surface area contributed by atoms with Gasteiger partial charge in [0, 0.05) is 5.56 Å². The van der Waals surface area contributed by atoms with Gasteiger partial charge in [-0.15, -0.1) is 0 Å². The minimum absolute atomic E-state index is 0.329. The van der Waals surface area contributed by atoms with Gasteiger partial charge in [-0.1, -0.05) is 43.3 Å². The summed E-state index contributed by atoms with van der Waals surface area (Å²) in [5, 5.41) is 3.99. The number of rotatable bonds is 4. The van der Waals surface area contributed by atoms with Crippen molar-refractivity contribution in [1.29, 1.82) is 0 Å². The topological polar surface area (TPSA) is 52.3 Å². The van der Waals surface area contributed by atoms with Crippen LogP contribution < -0.4 is 0 Å². The average Bonchev–Trinajstić information content (AvgIpc) is 2.81. The van der Waals surface area contributed by atoms with Gasteiger partial charge < -0.3 is 9.26 Å². The molecule has 1 aromatic carbocycles. The highest BCUT2D eigenvalue weighted by Gasteiger charge is 2.22. The van der Waals surface area contributed by atoms with Crippen LogP contribution in [0.2, 0.25) is 0 Å². The van der Waals surface area contributed by atoms with Crippen LogP contribution in [-0.4, -0.2) is 17.7 Å². The smallest absolute Gasteiger partial charge is 0.344 e. The molecule has 0 amide bonds. The molecule has 2 aromatic rings. The zero-order chi connectivity index (χ0) is 14.7. The maximum Gasteiger partial charge on any atom is 0.344 e. The SMILES string of the molecule is CCOC(=O)c1c(-c2ccc(C(C)C)cc2)noc1C. The molecule has 2 rings (SSSR count). The van der Waals surface area contributed by atoms with Gasteiger partial charge in [0.1, 0.15) is 17.0 Å². The molecule has 1 heterocycles. The minimum atomic E-state index is -0.394. The molecule has 0 spiro atoms. The fraction of sp³-hybridized carbons (Fsp3) is 0.375. The Bertz CT molecular complexity index is 597. The second-order valence-corrected chi connectivity index (χ2v) is 4.96. The predicted molar refractivity (Wildman–Crippen MR) is 76.7 cm³/mol. The van der Waals surface area contributed by atoms with Gasteiger partial charge in [-0.05, 0) is 25.3 Å². The Morgan fingerprint density at radius 1 is 1.30 bits per heavy atom. The van der Waals surface area contributed by atoms with E-state index in [9.17, 15) is 4.79 Å². The summed E-state index contributed by atoms with van der Waals surface area (Å²) in [6.07, 6.45) is 0. The third-order valence-corrected chi connectivity index (χ3v) is 3.19. The standard InChI is InChI=1S/C16H19NO3/c1-5-19-16(18)14-11(4)20-17-15(14)13-8-6-12(7-9-13)10(2)3/h6-10H,5H2,1-4H3. The van der Waals surface area contributed by atoms with Crippen LogP contribution in [0.1, 0.15) is 48.4 Å². The summed E-state index contributed by atoms with van der Waals surface area (Å²) < 4.78 is 10.2.